The number of primary amides is 1. The summed E-state index contributed by atoms with van der Waals surface area (Å²) in [4.78, 5) is 24.3. The van der Waals surface area contributed by atoms with E-state index in [0.29, 0.717) is 5.69 Å². The van der Waals surface area contributed by atoms with E-state index in [1.807, 2.05) is 60.7 Å². The number of urea groups is 1. The van der Waals surface area contributed by atoms with Gasteiger partial charge in [-0.3, -0.25) is 10.2 Å². The summed E-state index contributed by atoms with van der Waals surface area (Å²) in [6, 6.07) is 19.7. The van der Waals surface area contributed by atoms with E-state index in [4.69, 9.17) is 5.73 Å². The number of benzene rings is 3. The SMILES string of the molecule is NC(=O)N(NC(=O)Cc1ccc(Br)cc1)c1cccc2ccccc12. The Morgan fingerprint density at radius 3 is 2.36 bits per heavy atom. The number of hydrogen-bond acceptors (Lipinski definition) is 2. The maximum Gasteiger partial charge on any atom is 0.338 e. The zero-order valence-electron chi connectivity index (χ0n) is 13.3. The standard InChI is InChI=1S/C19H16BrN3O2/c20-15-10-8-13(9-11-15)12-18(24)22-23(19(21)25)17-7-3-5-14-4-1-2-6-16(14)17/h1-11H,12H2,(H2,21,25)(H,22,24). The Kier molecular flexibility index (Phi) is 5.00. The lowest BCUT2D eigenvalue weighted by molar-refractivity contribution is -0.120. The van der Waals surface area contributed by atoms with Gasteiger partial charge in [0, 0.05) is 9.86 Å². The molecule has 0 aliphatic rings. The molecule has 0 atom stereocenters. The van der Waals surface area contributed by atoms with E-state index in [0.717, 1.165) is 25.8 Å². The van der Waals surface area contributed by atoms with E-state index in [1.54, 1.807) is 6.07 Å². The average molecular weight is 398 g/mol. The molecule has 0 aliphatic carbocycles. The van der Waals surface area contributed by atoms with Gasteiger partial charge in [-0.25, -0.2) is 9.80 Å². The molecule has 0 spiro atoms. The van der Waals surface area contributed by atoms with Crippen LogP contribution in [-0.2, 0) is 11.2 Å². The second-order valence-electron chi connectivity index (χ2n) is 5.51. The summed E-state index contributed by atoms with van der Waals surface area (Å²) >= 11 is 3.35. The van der Waals surface area contributed by atoms with Crippen LogP contribution in [0.4, 0.5) is 10.5 Å². The lowest BCUT2D eigenvalue weighted by Gasteiger charge is -2.22. The number of fused-ring (bicyclic) bond motifs is 1. The molecule has 5 nitrogen and oxygen atoms in total. The van der Waals surface area contributed by atoms with E-state index in [1.165, 1.54) is 0 Å². The van der Waals surface area contributed by atoms with Crippen molar-refractivity contribution in [1.29, 1.82) is 0 Å². The van der Waals surface area contributed by atoms with Crippen LogP contribution in [0.1, 0.15) is 5.56 Å². The second-order valence-corrected chi connectivity index (χ2v) is 6.43. The third-order valence-corrected chi connectivity index (χ3v) is 4.27. The molecule has 6 heteroatoms. The van der Waals surface area contributed by atoms with Crippen molar-refractivity contribution in [3.63, 3.8) is 0 Å². The number of nitrogens with zero attached hydrogens (tertiary/aromatic N) is 1. The van der Waals surface area contributed by atoms with Crippen LogP contribution >= 0.6 is 15.9 Å². The number of carbonyl (C=O) groups excluding carboxylic acids is 2. The highest BCUT2D eigenvalue weighted by atomic mass is 79.9. The van der Waals surface area contributed by atoms with Crippen LogP contribution in [0.3, 0.4) is 0 Å². The zero-order valence-corrected chi connectivity index (χ0v) is 14.9. The normalized spacial score (nSPS) is 10.4. The molecular weight excluding hydrogens is 382 g/mol. The first kappa shape index (κ1) is 17.0. The number of hydrogen-bond donors (Lipinski definition) is 2. The van der Waals surface area contributed by atoms with Gasteiger partial charge in [-0.15, -0.1) is 0 Å². The summed E-state index contributed by atoms with van der Waals surface area (Å²) in [5.74, 6) is -0.325. The van der Waals surface area contributed by atoms with Gasteiger partial charge in [0.2, 0.25) is 5.91 Å². The third-order valence-electron chi connectivity index (χ3n) is 3.74. The van der Waals surface area contributed by atoms with Crippen LogP contribution in [0.2, 0.25) is 0 Å². The minimum atomic E-state index is -0.750. The van der Waals surface area contributed by atoms with Crippen molar-refractivity contribution >= 4 is 44.3 Å². The van der Waals surface area contributed by atoms with E-state index >= 15 is 0 Å². The molecule has 0 heterocycles. The molecule has 0 bridgehead atoms. The highest BCUT2D eigenvalue weighted by Crippen LogP contribution is 2.25. The van der Waals surface area contributed by atoms with Crippen molar-refractivity contribution in [1.82, 2.24) is 5.43 Å². The predicted molar refractivity (Wildman–Crippen MR) is 102 cm³/mol. The summed E-state index contributed by atoms with van der Waals surface area (Å²) in [7, 11) is 0. The largest absolute Gasteiger partial charge is 0.350 e. The molecule has 0 aliphatic heterocycles. The topological polar surface area (TPSA) is 75.4 Å². The Morgan fingerprint density at radius 1 is 0.960 bits per heavy atom. The van der Waals surface area contributed by atoms with Crippen LogP contribution in [0, 0.1) is 0 Å². The van der Waals surface area contributed by atoms with Crippen LogP contribution < -0.4 is 16.2 Å². The minimum absolute atomic E-state index is 0.141. The Bertz CT molecular complexity index is 920. The second kappa shape index (κ2) is 7.36. The molecular formula is C19H16BrN3O2. The van der Waals surface area contributed by atoms with Crippen LogP contribution in [0.5, 0.6) is 0 Å². The van der Waals surface area contributed by atoms with E-state index < -0.39 is 6.03 Å². The Hall–Kier alpha value is -2.86. The molecule has 3 N–H and O–H groups in total. The van der Waals surface area contributed by atoms with E-state index in [9.17, 15) is 9.59 Å². The Balaban J connectivity index is 1.85. The van der Waals surface area contributed by atoms with Crippen LogP contribution in [0.25, 0.3) is 10.8 Å². The Morgan fingerprint density at radius 2 is 1.64 bits per heavy atom. The zero-order chi connectivity index (χ0) is 17.8. The number of carbonyl (C=O) groups is 2. The molecule has 3 aromatic carbocycles. The van der Waals surface area contributed by atoms with Gasteiger partial charge in [-0.2, -0.15) is 0 Å². The number of nitrogens with one attached hydrogen (secondary N) is 1. The highest BCUT2D eigenvalue weighted by molar-refractivity contribution is 9.10. The first-order chi connectivity index (χ1) is 12.0. The highest BCUT2D eigenvalue weighted by Gasteiger charge is 2.18. The van der Waals surface area contributed by atoms with Gasteiger partial charge in [-0.05, 0) is 29.1 Å². The van der Waals surface area contributed by atoms with Crippen molar-refractivity contribution in [2.75, 3.05) is 5.01 Å². The summed E-state index contributed by atoms with van der Waals surface area (Å²) < 4.78 is 0.936. The van der Waals surface area contributed by atoms with Gasteiger partial charge in [0.15, 0.2) is 0 Å². The third kappa shape index (κ3) is 3.97. The number of anilines is 1. The summed E-state index contributed by atoms with van der Waals surface area (Å²) in [5.41, 5.74) is 9.46. The molecule has 0 aromatic heterocycles. The number of halogens is 1. The van der Waals surface area contributed by atoms with Crippen molar-refractivity contribution in [3.05, 3.63) is 76.8 Å². The van der Waals surface area contributed by atoms with Crippen LogP contribution in [0.15, 0.2) is 71.2 Å². The number of amides is 3. The lowest BCUT2D eigenvalue weighted by atomic mass is 10.1. The van der Waals surface area contributed by atoms with E-state index in [2.05, 4.69) is 21.4 Å². The van der Waals surface area contributed by atoms with Gasteiger partial charge in [0.1, 0.15) is 0 Å². The Labute approximate surface area is 153 Å². The van der Waals surface area contributed by atoms with Gasteiger partial charge in [0.25, 0.3) is 0 Å². The monoisotopic (exact) mass is 397 g/mol. The lowest BCUT2D eigenvalue weighted by Crippen LogP contribution is -2.49. The molecule has 3 amide bonds. The van der Waals surface area contributed by atoms with Crippen LogP contribution in [-0.4, -0.2) is 11.9 Å². The van der Waals surface area contributed by atoms with Gasteiger partial charge < -0.3 is 5.73 Å². The summed E-state index contributed by atoms with van der Waals surface area (Å²) in [6.45, 7) is 0. The summed E-state index contributed by atoms with van der Waals surface area (Å²) in [5, 5.41) is 2.87. The van der Waals surface area contributed by atoms with Gasteiger partial charge >= 0.3 is 6.03 Å². The maximum atomic E-state index is 12.3. The average Bonchev–Trinajstić information content (AvgIpc) is 2.61. The first-order valence-electron chi connectivity index (χ1n) is 7.66. The summed E-state index contributed by atoms with van der Waals surface area (Å²) in [6.07, 6.45) is 0.141. The maximum absolute atomic E-state index is 12.3. The molecule has 25 heavy (non-hydrogen) atoms. The number of rotatable bonds is 3. The van der Waals surface area contributed by atoms with Crippen molar-refractivity contribution < 1.29 is 9.59 Å². The van der Waals surface area contributed by atoms with Crippen molar-refractivity contribution in [2.45, 2.75) is 6.42 Å². The fourth-order valence-corrected chi connectivity index (χ4v) is 2.85. The fraction of sp³-hybridized carbons (Fsp3) is 0.0526. The first-order valence-corrected chi connectivity index (χ1v) is 8.45. The molecule has 0 fully saturated rings. The molecule has 3 aromatic rings. The smallest absolute Gasteiger partial charge is 0.338 e. The molecule has 0 saturated heterocycles. The predicted octanol–water partition coefficient (Wildman–Crippen LogP) is 3.76. The molecule has 126 valence electrons. The van der Waals surface area contributed by atoms with Gasteiger partial charge in [-0.1, -0.05) is 64.5 Å². The number of nitrogens with two attached hydrogens (primary N) is 1. The number of hydrazine groups is 1. The molecule has 3 rings (SSSR count). The van der Waals surface area contributed by atoms with Gasteiger partial charge in [0.05, 0.1) is 12.1 Å². The molecule has 0 saturated carbocycles. The minimum Gasteiger partial charge on any atom is -0.350 e. The van der Waals surface area contributed by atoms with Crippen molar-refractivity contribution in [3.8, 4) is 0 Å². The van der Waals surface area contributed by atoms with E-state index in [-0.39, 0.29) is 12.3 Å². The molecule has 0 unspecified atom stereocenters. The van der Waals surface area contributed by atoms with Crippen molar-refractivity contribution in [2.24, 2.45) is 5.73 Å². The quantitative estimate of drug-likeness (QED) is 0.660. The fourth-order valence-electron chi connectivity index (χ4n) is 2.59. The molecule has 0 radical (unpaired) electrons.